The number of carbonyl (C=O) groups is 3. The van der Waals surface area contributed by atoms with Gasteiger partial charge in [0.1, 0.15) is 13.2 Å². The zero-order valence-electron chi connectivity index (χ0n) is 22.6. The lowest BCUT2D eigenvalue weighted by molar-refractivity contribution is -0.127. The number of hydrogen-bond acceptors (Lipinski definition) is 7. The summed E-state index contributed by atoms with van der Waals surface area (Å²) in [6, 6.07) is 18.4. The Morgan fingerprint density at radius 2 is 1.90 bits per heavy atom. The van der Waals surface area contributed by atoms with E-state index in [1.165, 1.54) is 0 Å². The number of carbonyl (C=O) groups excluding carboxylic acids is 3. The van der Waals surface area contributed by atoms with Crippen LogP contribution in [0.5, 0.6) is 11.5 Å². The van der Waals surface area contributed by atoms with Crippen molar-refractivity contribution < 1.29 is 23.9 Å². The van der Waals surface area contributed by atoms with Crippen LogP contribution in [0.25, 0.3) is 6.08 Å². The average molecular weight is 609 g/mol. The Bertz CT molecular complexity index is 1490. The molecule has 3 aromatic rings. The first-order valence-electron chi connectivity index (χ1n) is 12.8. The number of nitrogens with one attached hydrogen (secondary N) is 1. The Hall–Kier alpha value is -3.66. The molecule has 10 heteroatoms. The van der Waals surface area contributed by atoms with Crippen LogP contribution >= 0.6 is 35.1 Å². The molecule has 1 N–H and O–H groups in total. The molecule has 0 saturated carbocycles. The van der Waals surface area contributed by atoms with Crippen LogP contribution in [0.3, 0.4) is 0 Å². The number of ether oxygens (including phenoxy) is 2. The number of rotatable bonds is 12. The quantitative estimate of drug-likeness (QED) is 0.130. The third-order valence-corrected chi connectivity index (χ3v) is 7.83. The van der Waals surface area contributed by atoms with Gasteiger partial charge in [-0.1, -0.05) is 35.9 Å². The van der Waals surface area contributed by atoms with E-state index in [2.05, 4.69) is 11.9 Å². The van der Waals surface area contributed by atoms with Crippen LogP contribution in [0.15, 0.2) is 83.1 Å². The van der Waals surface area contributed by atoms with E-state index in [9.17, 15) is 14.4 Å². The number of amides is 3. The Labute approximate surface area is 252 Å². The lowest BCUT2D eigenvalue weighted by atomic mass is 10.0. The number of imide groups is 1. The molecule has 7 nitrogen and oxygen atoms in total. The molecule has 212 valence electrons. The molecule has 0 spiro atoms. The summed E-state index contributed by atoms with van der Waals surface area (Å²) >= 11 is 8.34. The molecule has 1 saturated heterocycles. The zero-order valence-corrected chi connectivity index (χ0v) is 25.0. The standard InChI is InChI=1S/C31H29ClN2O5S2/c1-4-7-22-14-21(15-26(38-5-2)29(22)39-19-20-10-12-23(32)13-11-20)16-27-30(36)34(31(37)41-27)18-28(35)33-24-8-6-9-25(17-24)40-3/h4,6,8-17H,1,5,7,18-19H2,2-3H3,(H,33,35)/b27-16-. The predicted molar refractivity (Wildman–Crippen MR) is 167 cm³/mol. The molecule has 3 aromatic carbocycles. The zero-order chi connectivity index (χ0) is 29.4. The SMILES string of the molecule is C=CCc1cc(/C=C2\SC(=O)N(CC(=O)Nc3cccc(SC)c3)C2=O)cc(OCC)c1OCc1ccc(Cl)cc1. The van der Waals surface area contributed by atoms with Gasteiger partial charge < -0.3 is 14.8 Å². The molecule has 0 bridgehead atoms. The highest BCUT2D eigenvalue weighted by Gasteiger charge is 2.36. The fourth-order valence-corrected chi connectivity index (χ4v) is 5.49. The van der Waals surface area contributed by atoms with Gasteiger partial charge in [0.2, 0.25) is 5.91 Å². The second-order valence-corrected chi connectivity index (χ2v) is 11.2. The minimum absolute atomic E-state index is 0.217. The molecule has 0 aliphatic carbocycles. The molecule has 0 aromatic heterocycles. The molecule has 1 fully saturated rings. The van der Waals surface area contributed by atoms with E-state index in [1.807, 2.05) is 49.6 Å². The van der Waals surface area contributed by atoms with Crippen LogP contribution in [0.4, 0.5) is 10.5 Å². The molecule has 0 atom stereocenters. The number of benzene rings is 3. The maximum atomic E-state index is 13.1. The summed E-state index contributed by atoms with van der Waals surface area (Å²) in [4.78, 5) is 40.6. The number of anilines is 1. The minimum atomic E-state index is -0.528. The van der Waals surface area contributed by atoms with E-state index in [4.69, 9.17) is 21.1 Å². The van der Waals surface area contributed by atoms with Crippen LogP contribution in [0.2, 0.25) is 5.02 Å². The van der Waals surface area contributed by atoms with Crippen molar-refractivity contribution >= 4 is 63.9 Å². The Kier molecular flexibility index (Phi) is 10.6. The summed E-state index contributed by atoms with van der Waals surface area (Å²) in [5.74, 6) is 0.104. The van der Waals surface area contributed by atoms with E-state index >= 15 is 0 Å². The summed E-state index contributed by atoms with van der Waals surface area (Å²) in [6.07, 6.45) is 5.82. The highest BCUT2D eigenvalue weighted by molar-refractivity contribution is 8.18. The molecule has 1 aliphatic rings. The summed E-state index contributed by atoms with van der Waals surface area (Å²) < 4.78 is 12.1. The van der Waals surface area contributed by atoms with E-state index in [-0.39, 0.29) is 11.4 Å². The van der Waals surface area contributed by atoms with E-state index in [0.717, 1.165) is 32.7 Å². The lowest BCUT2D eigenvalue weighted by Crippen LogP contribution is -2.36. The molecule has 1 heterocycles. The fourth-order valence-electron chi connectivity index (χ4n) is 4.07. The normalized spacial score (nSPS) is 13.9. The molecule has 41 heavy (non-hydrogen) atoms. The fraction of sp³-hybridized carbons (Fsp3) is 0.194. The molecule has 3 amide bonds. The second kappa shape index (κ2) is 14.3. The van der Waals surface area contributed by atoms with Crippen molar-refractivity contribution in [2.45, 2.75) is 24.8 Å². The van der Waals surface area contributed by atoms with Crippen LogP contribution < -0.4 is 14.8 Å². The number of halogens is 1. The van der Waals surface area contributed by atoms with Crippen molar-refractivity contribution in [3.63, 3.8) is 0 Å². The Morgan fingerprint density at radius 1 is 1.12 bits per heavy atom. The predicted octanol–water partition coefficient (Wildman–Crippen LogP) is 7.44. The van der Waals surface area contributed by atoms with Crippen LogP contribution in [-0.2, 0) is 22.6 Å². The molecule has 1 aliphatic heterocycles. The van der Waals surface area contributed by atoms with Gasteiger partial charge in [-0.25, -0.2) is 0 Å². The summed E-state index contributed by atoms with van der Waals surface area (Å²) in [7, 11) is 0. The van der Waals surface area contributed by atoms with Crippen molar-refractivity contribution in [3.05, 3.63) is 99.9 Å². The van der Waals surface area contributed by atoms with Gasteiger partial charge in [0, 0.05) is 21.2 Å². The van der Waals surface area contributed by atoms with Crippen molar-refractivity contribution in [1.82, 2.24) is 4.90 Å². The summed E-state index contributed by atoms with van der Waals surface area (Å²) in [5, 5.41) is 2.89. The first-order chi connectivity index (χ1) is 19.8. The van der Waals surface area contributed by atoms with Gasteiger partial charge in [-0.3, -0.25) is 19.3 Å². The van der Waals surface area contributed by atoms with E-state index in [0.29, 0.717) is 47.4 Å². The first kappa shape index (κ1) is 30.3. The number of thioether (sulfide) groups is 2. The highest BCUT2D eigenvalue weighted by atomic mass is 35.5. The minimum Gasteiger partial charge on any atom is -0.490 e. The molecular weight excluding hydrogens is 580 g/mol. The summed E-state index contributed by atoms with van der Waals surface area (Å²) in [6.45, 7) is 6.06. The lowest BCUT2D eigenvalue weighted by Gasteiger charge is -2.17. The number of nitrogens with zero attached hydrogens (tertiary/aromatic N) is 1. The Morgan fingerprint density at radius 3 is 2.61 bits per heavy atom. The maximum absolute atomic E-state index is 13.1. The monoisotopic (exact) mass is 608 g/mol. The van der Waals surface area contributed by atoms with Gasteiger partial charge in [0.15, 0.2) is 11.5 Å². The van der Waals surface area contributed by atoms with Gasteiger partial charge in [0.05, 0.1) is 11.5 Å². The average Bonchev–Trinajstić information content (AvgIpc) is 3.21. The third-order valence-electron chi connectivity index (χ3n) is 5.94. The topological polar surface area (TPSA) is 84.9 Å². The molecule has 0 radical (unpaired) electrons. The van der Waals surface area contributed by atoms with E-state index < -0.39 is 17.1 Å². The van der Waals surface area contributed by atoms with Crippen LogP contribution in [0.1, 0.15) is 23.6 Å². The Balaban J connectivity index is 1.53. The van der Waals surface area contributed by atoms with Gasteiger partial charge in [-0.2, -0.15) is 0 Å². The largest absolute Gasteiger partial charge is 0.490 e. The van der Waals surface area contributed by atoms with Crippen molar-refractivity contribution in [3.8, 4) is 11.5 Å². The van der Waals surface area contributed by atoms with Gasteiger partial charge >= 0.3 is 0 Å². The van der Waals surface area contributed by atoms with Gasteiger partial charge in [-0.15, -0.1) is 18.3 Å². The van der Waals surface area contributed by atoms with Crippen LogP contribution in [0, 0.1) is 0 Å². The maximum Gasteiger partial charge on any atom is 0.294 e. The molecule has 4 rings (SSSR count). The van der Waals surface area contributed by atoms with Gasteiger partial charge in [0.25, 0.3) is 11.1 Å². The second-order valence-electron chi connectivity index (χ2n) is 8.90. The van der Waals surface area contributed by atoms with Gasteiger partial charge in [-0.05, 0) is 91.0 Å². The molecule has 0 unspecified atom stereocenters. The van der Waals surface area contributed by atoms with Crippen LogP contribution in [-0.4, -0.2) is 41.4 Å². The smallest absolute Gasteiger partial charge is 0.294 e. The number of hydrogen-bond donors (Lipinski definition) is 1. The third kappa shape index (κ3) is 7.97. The highest BCUT2D eigenvalue weighted by Crippen LogP contribution is 2.38. The van der Waals surface area contributed by atoms with Crippen molar-refractivity contribution in [2.24, 2.45) is 0 Å². The number of allylic oxidation sites excluding steroid dienone is 1. The molecular formula is C31H29ClN2O5S2. The van der Waals surface area contributed by atoms with Crippen molar-refractivity contribution in [2.75, 3.05) is 24.7 Å². The summed E-state index contributed by atoms with van der Waals surface area (Å²) in [5.41, 5.74) is 3.02. The first-order valence-corrected chi connectivity index (χ1v) is 15.2. The van der Waals surface area contributed by atoms with E-state index in [1.54, 1.807) is 48.2 Å². The van der Waals surface area contributed by atoms with Crippen molar-refractivity contribution in [1.29, 1.82) is 0 Å².